The SMILES string of the molecule is C=C(C)C(=O)c1ccc(-c2ccc(C3CCC(N4C(=O)C=CC4=O)CC3)cc2)cc1. The van der Waals surface area contributed by atoms with Crippen LogP contribution in [-0.4, -0.2) is 28.5 Å². The van der Waals surface area contributed by atoms with Gasteiger partial charge in [-0.15, -0.1) is 0 Å². The van der Waals surface area contributed by atoms with E-state index in [1.165, 1.54) is 22.6 Å². The lowest BCUT2D eigenvalue weighted by atomic mass is 9.81. The number of ketones is 1. The fourth-order valence-electron chi connectivity index (χ4n) is 4.45. The van der Waals surface area contributed by atoms with Crippen molar-refractivity contribution in [1.29, 1.82) is 0 Å². The highest BCUT2D eigenvalue weighted by atomic mass is 16.2. The van der Waals surface area contributed by atoms with E-state index < -0.39 is 0 Å². The molecule has 1 heterocycles. The van der Waals surface area contributed by atoms with Crippen LogP contribution in [0.2, 0.25) is 0 Å². The highest BCUT2D eigenvalue weighted by molar-refractivity contribution is 6.13. The average Bonchev–Trinajstić information content (AvgIpc) is 3.11. The first-order valence-corrected chi connectivity index (χ1v) is 10.4. The number of allylic oxidation sites excluding steroid dienone is 1. The maximum absolute atomic E-state index is 12.0. The van der Waals surface area contributed by atoms with E-state index in [4.69, 9.17) is 0 Å². The molecule has 1 aliphatic carbocycles. The van der Waals surface area contributed by atoms with Crippen molar-refractivity contribution in [2.24, 2.45) is 0 Å². The Morgan fingerprint density at radius 2 is 1.33 bits per heavy atom. The molecule has 30 heavy (non-hydrogen) atoms. The number of hydrogen-bond donors (Lipinski definition) is 0. The zero-order chi connectivity index (χ0) is 21.3. The molecular formula is C26H25NO3. The second-order valence-corrected chi connectivity index (χ2v) is 8.19. The number of amides is 2. The number of nitrogens with zero attached hydrogens (tertiary/aromatic N) is 1. The van der Waals surface area contributed by atoms with Crippen molar-refractivity contribution in [3.8, 4) is 11.1 Å². The molecule has 2 aliphatic rings. The first-order valence-electron chi connectivity index (χ1n) is 10.4. The quantitative estimate of drug-likeness (QED) is 0.401. The van der Waals surface area contributed by atoms with E-state index in [0.29, 0.717) is 17.1 Å². The normalized spacial score (nSPS) is 21.2. The van der Waals surface area contributed by atoms with Crippen LogP contribution in [0, 0.1) is 0 Å². The van der Waals surface area contributed by atoms with Gasteiger partial charge in [0.15, 0.2) is 5.78 Å². The highest BCUT2D eigenvalue weighted by Crippen LogP contribution is 2.36. The van der Waals surface area contributed by atoms with Gasteiger partial charge >= 0.3 is 0 Å². The van der Waals surface area contributed by atoms with Gasteiger partial charge in [-0.3, -0.25) is 19.3 Å². The van der Waals surface area contributed by atoms with Crippen LogP contribution in [0.4, 0.5) is 0 Å². The molecule has 1 fully saturated rings. The zero-order valence-corrected chi connectivity index (χ0v) is 17.1. The molecule has 4 heteroatoms. The summed E-state index contributed by atoms with van der Waals surface area (Å²) in [6.07, 6.45) is 6.38. The summed E-state index contributed by atoms with van der Waals surface area (Å²) in [4.78, 5) is 37.2. The van der Waals surface area contributed by atoms with Crippen LogP contribution in [0.25, 0.3) is 11.1 Å². The third-order valence-electron chi connectivity index (χ3n) is 6.16. The van der Waals surface area contributed by atoms with Gasteiger partial charge < -0.3 is 0 Å². The summed E-state index contributed by atoms with van der Waals surface area (Å²) >= 11 is 0. The standard InChI is InChI=1S/C26H25NO3/c1-17(2)26(30)22-9-7-20(8-10-22)18-3-5-19(6-4-18)21-11-13-23(14-12-21)27-24(28)15-16-25(27)29/h3-10,15-16,21,23H,1,11-14H2,2H3. The Balaban J connectivity index is 1.40. The molecular weight excluding hydrogens is 374 g/mol. The number of carbonyl (C=O) groups is 3. The van der Waals surface area contributed by atoms with E-state index in [-0.39, 0.29) is 23.6 Å². The fourth-order valence-corrected chi connectivity index (χ4v) is 4.45. The Morgan fingerprint density at radius 1 is 0.833 bits per heavy atom. The summed E-state index contributed by atoms with van der Waals surface area (Å²) in [6.45, 7) is 5.43. The molecule has 4 rings (SSSR count). The lowest BCUT2D eigenvalue weighted by Crippen LogP contribution is -2.41. The fraction of sp³-hybridized carbons (Fsp3) is 0.269. The van der Waals surface area contributed by atoms with Crippen molar-refractivity contribution in [2.75, 3.05) is 0 Å². The summed E-state index contributed by atoms with van der Waals surface area (Å²) in [6, 6.07) is 16.2. The Hall–Kier alpha value is -3.27. The summed E-state index contributed by atoms with van der Waals surface area (Å²) in [5, 5.41) is 0. The Kier molecular flexibility index (Phi) is 5.49. The van der Waals surface area contributed by atoms with Gasteiger partial charge in [-0.1, -0.05) is 55.1 Å². The Bertz CT molecular complexity index is 1000. The number of Topliss-reactive ketones (excluding diaryl/α,β-unsaturated/α-hetero) is 1. The predicted octanol–water partition coefficient (Wildman–Crippen LogP) is 5.06. The molecule has 4 nitrogen and oxygen atoms in total. The number of carbonyl (C=O) groups excluding carboxylic acids is 3. The van der Waals surface area contributed by atoms with Gasteiger partial charge in [0, 0.05) is 23.8 Å². The molecule has 0 bridgehead atoms. The molecule has 0 atom stereocenters. The van der Waals surface area contributed by atoms with Crippen LogP contribution in [0.3, 0.4) is 0 Å². The van der Waals surface area contributed by atoms with Crippen LogP contribution in [0.1, 0.15) is 54.4 Å². The van der Waals surface area contributed by atoms with Crippen molar-refractivity contribution in [3.05, 3.63) is 84.0 Å². The third kappa shape index (κ3) is 3.90. The second-order valence-electron chi connectivity index (χ2n) is 8.19. The molecule has 2 aromatic carbocycles. The van der Waals surface area contributed by atoms with E-state index in [9.17, 15) is 14.4 Å². The lowest BCUT2D eigenvalue weighted by molar-refractivity contribution is -0.140. The van der Waals surface area contributed by atoms with Crippen molar-refractivity contribution >= 4 is 17.6 Å². The maximum Gasteiger partial charge on any atom is 0.253 e. The van der Waals surface area contributed by atoms with Gasteiger partial charge in [-0.25, -0.2) is 0 Å². The molecule has 0 unspecified atom stereocenters. The molecule has 0 N–H and O–H groups in total. The van der Waals surface area contributed by atoms with E-state index in [1.807, 2.05) is 24.3 Å². The molecule has 0 spiro atoms. The minimum Gasteiger partial charge on any atom is -0.289 e. The van der Waals surface area contributed by atoms with E-state index in [2.05, 4.69) is 30.8 Å². The van der Waals surface area contributed by atoms with Gasteiger partial charge in [0.25, 0.3) is 11.8 Å². The molecule has 0 radical (unpaired) electrons. The Labute approximate surface area is 176 Å². The smallest absolute Gasteiger partial charge is 0.253 e. The summed E-state index contributed by atoms with van der Waals surface area (Å²) in [7, 11) is 0. The van der Waals surface area contributed by atoms with E-state index in [0.717, 1.165) is 36.8 Å². The highest BCUT2D eigenvalue weighted by Gasteiger charge is 2.34. The first kappa shape index (κ1) is 20.0. The number of imide groups is 1. The largest absolute Gasteiger partial charge is 0.289 e. The molecule has 1 aliphatic heterocycles. The molecule has 0 saturated heterocycles. The third-order valence-corrected chi connectivity index (χ3v) is 6.16. The molecule has 2 aromatic rings. The monoisotopic (exact) mass is 399 g/mol. The van der Waals surface area contributed by atoms with Gasteiger partial charge in [0.2, 0.25) is 0 Å². The summed E-state index contributed by atoms with van der Waals surface area (Å²) in [5.74, 6) is 0.0692. The lowest BCUT2D eigenvalue weighted by Gasteiger charge is -2.33. The van der Waals surface area contributed by atoms with Gasteiger partial charge in [-0.2, -0.15) is 0 Å². The first-order chi connectivity index (χ1) is 14.4. The van der Waals surface area contributed by atoms with Gasteiger partial charge in [0.1, 0.15) is 0 Å². The molecule has 0 aromatic heterocycles. The number of benzene rings is 2. The summed E-state index contributed by atoms with van der Waals surface area (Å²) < 4.78 is 0. The van der Waals surface area contributed by atoms with Crippen molar-refractivity contribution in [3.63, 3.8) is 0 Å². The van der Waals surface area contributed by atoms with E-state index >= 15 is 0 Å². The Morgan fingerprint density at radius 3 is 1.83 bits per heavy atom. The maximum atomic E-state index is 12.0. The van der Waals surface area contributed by atoms with Crippen molar-refractivity contribution in [2.45, 2.75) is 44.6 Å². The van der Waals surface area contributed by atoms with Crippen molar-refractivity contribution < 1.29 is 14.4 Å². The second kappa shape index (κ2) is 8.23. The van der Waals surface area contributed by atoms with Crippen LogP contribution in [0.15, 0.2) is 72.8 Å². The average molecular weight is 399 g/mol. The van der Waals surface area contributed by atoms with Gasteiger partial charge in [-0.05, 0) is 60.8 Å². The van der Waals surface area contributed by atoms with Crippen LogP contribution in [-0.2, 0) is 9.59 Å². The number of rotatable bonds is 5. The summed E-state index contributed by atoms with van der Waals surface area (Å²) in [5.41, 5.74) is 4.67. The molecule has 152 valence electrons. The zero-order valence-electron chi connectivity index (χ0n) is 17.1. The minimum absolute atomic E-state index is 0.0240. The topological polar surface area (TPSA) is 54.5 Å². The van der Waals surface area contributed by atoms with E-state index in [1.54, 1.807) is 6.92 Å². The predicted molar refractivity (Wildman–Crippen MR) is 117 cm³/mol. The minimum atomic E-state index is -0.177. The van der Waals surface area contributed by atoms with Crippen LogP contribution < -0.4 is 0 Å². The number of hydrogen-bond acceptors (Lipinski definition) is 3. The van der Waals surface area contributed by atoms with Gasteiger partial charge in [0.05, 0.1) is 0 Å². The molecule has 2 amide bonds. The van der Waals surface area contributed by atoms with Crippen molar-refractivity contribution in [1.82, 2.24) is 4.90 Å². The van der Waals surface area contributed by atoms with Crippen LogP contribution >= 0.6 is 0 Å². The molecule has 1 saturated carbocycles. The van der Waals surface area contributed by atoms with Crippen LogP contribution in [0.5, 0.6) is 0 Å².